The largest absolute Gasteiger partial charge is 0.383 e. The molecule has 1 rings (SSSR count). The van der Waals surface area contributed by atoms with Gasteiger partial charge in [0.2, 0.25) is 0 Å². The molecule has 0 heterocycles. The summed E-state index contributed by atoms with van der Waals surface area (Å²) in [6, 6.07) is 4.70. The molecule has 0 saturated carbocycles. The third-order valence-electron chi connectivity index (χ3n) is 1.32. The van der Waals surface area contributed by atoms with Crippen LogP contribution in [0.15, 0.2) is 23.1 Å². The lowest BCUT2D eigenvalue weighted by atomic mass is 10.3. The third-order valence-corrected chi connectivity index (χ3v) is 1.60. The lowest BCUT2D eigenvalue weighted by Crippen LogP contribution is -1.98. The zero-order valence-electron chi connectivity index (χ0n) is 6.26. The summed E-state index contributed by atoms with van der Waals surface area (Å²) in [6.45, 7) is 2.64. The minimum atomic E-state index is -0.232. The van der Waals surface area contributed by atoms with Gasteiger partial charge >= 0.3 is 0 Å². The minimum Gasteiger partial charge on any atom is -0.383 e. The molecule has 0 aliphatic carbocycles. The first kappa shape index (κ1) is 8.40. The topological polar surface area (TPSA) is 12.0 Å². The molecule has 0 aliphatic rings. The molecule has 11 heavy (non-hydrogen) atoms. The van der Waals surface area contributed by atoms with E-state index in [4.69, 9.17) is 0 Å². The zero-order chi connectivity index (χ0) is 8.27. The molecule has 1 aromatic carbocycles. The summed E-state index contributed by atoms with van der Waals surface area (Å²) in [5.74, 6) is -0.232. The zero-order valence-corrected chi connectivity index (χ0v) is 7.16. The molecular weight excluding hydrogens is 161 g/mol. The van der Waals surface area contributed by atoms with Crippen molar-refractivity contribution in [2.75, 3.05) is 11.9 Å². The Kier molecular flexibility index (Phi) is 2.76. The quantitative estimate of drug-likeness (QED) is 0.652. The second kappa shape index (κ2) is 3.62. The van der Waals surface area contributed by atoms with Crippen LogP contribution in [0.3, 0.4) is 0 Å². The van der Waals surface area contributed by atoms with Gasteiger partial charge in [0.25, 0.3) is 0 Å². The van der Waals surface area contributed by atoms with Crippen molar-refractivity contribution in [1.82, 2.24) is 0 Å². The maximum absolute atomic E-state index is 12.9. The van der Waals surface area contributed by atoms with Gasteiger partial charge in [0.1, 0.15) is 5.82 Å². The Morgan fingerprint density at radius 2 is 2.27 bits per heavy atom. The summed E-state index contributed by atoms with van der Waals surface area (Å²) in [6.07, 6.45) is 0. The van der Waals surface area contributed by atoms with Crippen LogP contribution in [-0.2, 0) is 0 Å². The van der Waals surface area contributed by atoms with Gasteiger partial charge in [-0.1, -0.05) is 0 Å². The fourth-order valence-corrected chi connectivity index (χ4v) is 1.04. The Bertz CT molecular complexity index is 250. The molecule has 1 N–H and O–H groups in total. The second-order valence-electron chi connectivity index (χ2n) is 2.19. The number of hydrogen-bond donors (Lipinski definition) is 2. The van der Waals surface area contributed by atoms with Crippen LogP contribution in [0.4, 0.5) is 10.1 Å². The molecule has 0 aliphatic heterocycles. The summed E-state index contributed by atoms with van der Waals surface area (Å²) < 4.78 is 12.9. The standard InChI is InChI=1S/C8H10FNS/c1-2-10-8-5-6(11)3-4-7(8)9/h3-5,10-11H,2H2,1H3. The lowest BCUT2D eigenvalue weighted by Gasteiger charge is -2.04. The number of benzene rings is 1. The highest BCUT2D eigenvalue weighted by Crippen LogP contribution is 2.17. The van der Waals surface area contributed by atoms with Gasteiger partial charge < -0.3 is 5.32 Å². The van der Waals surface area contributed by atoms with Gasteiger partial charge in [0, 0.05) is 11.4 Å². The van der Waals surface area contributed by atoms with Crippen molar-refractivity contribution in [2.24, 2.45) is 0 Å². The Morgan fingerprint density at radius 1 is 1.55 bits per heavy atom. The number of rotatable bonds is 2. The third kappa shape index (κ3) is 2.12. The first-order valence-corrected chi connectivity index (χ1v) is 3.91. The van der Waals surface area contributed by atoms with E-state index in [0.29, 0.717) is 12.2 Å². The van der Waals surface area contributed by atoms with E-state index in [2.05, 4.69) is 17.9 Å². The van der Waals surface area contributed by atoms with Crippen LogP contribution in [0.1, 0.15) is 6.92 Å². The number of anilines is 1. The Labute approximate surface area is 71.0 Å². The Hall–Kier alpha value is -0.700. The summed E-state index contributed by atoms with van der Waals surface area (Å²) in [5.41, 5.74) is 0.514. The molecule has 0 atom stereocenters. The molecule has 60 valence electrons. The summed E-state index contributed by atoms with van der Waals surface area (Å²) in [4.78, 5) is 0.766. The van der Waals surface area contributed by atoms with Gasteiger partial charge in [0.05, 0.1) is 5.69 Å². The van der Waals surface area contributed by atoms with E-state index in [-0.39, 0.29) is 5.82 Å². The normalized spacial score (nSPS) is 9.73. The van der Waals surface area contributed by atoms with Gasteiger partial charge in [-0.05, 0) is 25.1 Å². The lowest BCUT2D eigenvalue weighted by molar-refractivity contribution is 0.629. The van der Waals surface area contributed by atoms with Gasteiger partial charge in [-0.3, -0.25) is 0 Å². The van der Waals surface area contributed by atoms with Crippen molar-refractivity contribution in [1.29, 1.82) is 0 Å². The van der Waals surface area contributed by atoms with Crippen LogP contribution in [-0.4, -0.2) is 6.54 Å². The highest BCUT2D eigenvalue weighted by Gasteiger charge is 1.98. The molecule has 0 spiro atoms. The van der Waals surface area contributed by atoms with E-state index < -0.39 is 0 Å². The molecule has 0 bridgehead atoms. The fourth-order valence-electron chi connectivity index (χ4n) is 0.839. The molecule has 0 unspecified atom stereocenters. The van der Waals surface area contributed by atoms with Crippen LogP contribution in [0.5, 0.6) is 0 Å². The van der Waals surface area contributed by atoms with Gasteiger partial charge in [-0.25, -0.2) is 4.39 Å². The van der Waals surface area contributed by atoms with E-state index in [0.717, 1.165) is 4.90 Å². The Balaban J connectivity index is 2.93. The van der Waals surface area contributed by atoms with E-state index in [1.165, 1.54) is 6.07 Å². The van der Waals surface area contributed by atoms with Crippen molar-refractivity contribution in [3.8, 4) is 0 Å². The van der Waals surface area contributed by atoms with Gasteiger partial charge in [0.15, 0.2) is 0 Å². The second-order valence-corrected chi connectivity index (χ2v) is 2.71. The first-order valence-electron chi connectivity index (χ1n) is 3.46. The molecule has 0 amide bonds. The van der Waals surface area contributed by atoms with Crippen LogP contribution in [0.25, 0.3) is 0 Å². The molecule has 0 fully saturated rings. The predicted octanol–water partition coefficient (Wildman–Crippen LogP) is 2.55. The number of halogens is 1. The molecule has 0 aromatic heterocycles. The van der Waals surface area contributed by atoms with Crippen molar-refractivity contribution < 1.29 is 4.39 Å². The van der Waals surface area contributed by atoms with E-state index in [1.54, 1.807) is 12.1 Å². The van der Waals surface area contributed by atoms with Crippen molar-refractivity contribution >= 4 is 18.3 Å². The Morgan fingerprint density at radius 3 is 2.91 bits per heavy atom. The van der Waals surface area contributed by atoms with Crippen molar-refractivity contribution in [3.05, 3.63) is 24.0 Å². The maximum Gasteiger partial charge on any atom is 0.146 e. The van der Waals surface area contributed by atoms with Crippen molar-refractivity contribution in [3.63, 3.8) is 0 Å². The highest BCUT2D eigenvalue weighted by atomic mass is 32.1. The molecule has 1 aromatic rings. The summed E-state index contributed by atoms with van der Waals surface area (Å²) in [5, 5.41) is 2.89. The number of thiol groups is 1. The van der Waals surface area contributed by atoms with Crippen LogP contribution in [0.2, 0.25) is 0 Å². The summed E-state index contributed by atoms with van der Waals surface area (Å²) >= 11 is 4.09. The number of nitrogens with one attached hydrogen (secondary N) is 1. The summed E-state index contributed by atoms with van der Waals surface area (Å²) in [7, 11) is 0. The molecule has 0 radical (unpaired) electrons. The average Bonchev–Trinajstić information content (AvgIpc) is 1.98. The molecule has 1 nitrogen and oxygen atoms in total. The maximum atomic E-state index is 12.9. The SMILES string of the molecule is CCNc1cc(S)ccc1F. The molecular formula is C8H10FNS. The minimum absolute atomic E-state index is 0.232. The first-order chi connectivity index (χ1) is 5.24. The average molecular weight is 171 g/mol. The smallest absolute Gasteiger partial charge is 0.146 e. The molecule has 3 heteroatoms. The highest BCUT2D eigenvalue weighted by molar-refractivity contribution is 7.80. The monoisotopic (exact) mass is 171 g/mol. The van der Waals surface area contributed by atoms with E-state index in [9.17, 15) is 4.39 Å². The predicted molar refractivity (Wildman–Crippen MR) is 47.8 cm³/mol. The van der Waals surface area contributed by atoms with Crippen LogP contribution >= 0.6 is 12.6 Å². The van der Waals surface area contributed by atoms with Gasteiger partial charge in [-0.2, -0.15) is 0 Å². The fraction of sp³-hybridized carbons (Fsp3) is 0.250. The van der Waals surface area contributed by atoms with E-state index >= 15 is 0 Å². The van der Waals surface area contributed by atoms with E-state index in [1.807, 2.05) is 6.92 Å². The van der Waals surface area contributed by atoms with Gasteiger partial charge in [-0.15, -0.1) is 12.6 Å². The number of hydrogen-bond acceptors (Lipinski definition) is 2. The molecule has 0 saturated heterocycles. The van der Waals surface area contributed by atoms with Crippen LogP contribution in [0, 0.1) is 5.82 Å². The van der Waals surface area contributed by atoms with Crippen LogP contribution < -0.4 is 5.32 Å². The van der Waals surface area contributed by atoms with Crippen molar-refractivity contribution in [2.45, 2.75) is 11.8 Å².